The first-order valence-electron chi connectivity index (χ1n) is 8.10. The predicted octanol–water partition coefficient (Wildman–Crippen LogP) is 4.16. The summed E-state index contributed by atoms with van der Waals surface area (Å²) < 4.78 is 0. The van der Waals surface area contributed by atoms with Crippen molar-refractivity contribution in [2.45, 2.75) is 45.2 Å². The monoisotopic (exact) mass is 311 g/mol. The molecule has 3 nitrogen and oxygen atoms in total. The maximum absolute atomic E-state index is 11.1. The van der Waals surface area contributed by atoms with E-state index in [0.29, 0.717) is 6.04 Å². The van der Waals surface area contributed by atoms with Gasteiger partial charge in [0.1, 0.15) is 0 Å². The third-order valence-corrected chi connectivity index (χ3v) is 4.20. The van der Waals surface area contributed by atoms with Crippen LogP contribution in [0.2, 0.25) is 0 Å². The Kier molecular flexibility index (Phi) is 5.94. The minimum atomic E-state index is -0.786. The second kappa shape index (κ2) is 7.93. The largest absolute Gasteiger partial charge is 0.481 e. The second-order valence-corrected chi connectivity index (χ2v) is 6.21. The molecule has 0 fully saturated rings. The highest BCUT2D eigenvalue weighted by Gasteiger charge is 2.15. The number of rotatable bonds is 7. The van der Waals surface area contributed by atoms with Gasteiger partial charge >= 0.3 is 5.97 Å². The Morgan fingerprint density at radius 2 is 1.65 bits per heavy atom. The van der Waals surface area contributed by atoms with Gasteiger partial charge in [-0.2, -0.15) is 0 Å². The molecule has 122 valence electrons. The molecule has 2 aromatic rings. The summed E-state index contributed by atoms with van der Waals surface area (Å²) >= 11 is 0. The van der Waals surface area contributed by atoms with E-state index in [4.69, 9.17) is 5.11 Å². The van der Waals surface area contributed by atoms with Gasteiger partial charge in [-0.15, -0.1) is 0 Å². The van der Waals surface area contributed by atoms with E-state index in [1.54, 1.807) is 6.92 Å². The SMILES string of the molecule is CC(C(=O)O)c1cccc(C[C@@H](C)N[C@H](C)c2ccccc2)c1. The van der Waals surface area contributed by atoms with E-state index in [2.05, 4.69) is 49.5 Å². The highest BCUT2D eigenvalue weighted by atomic mass is 16.4. The lowest BCUT2D eigenvalue weighted by Gasteiger charge is -2.21. The van der Waals surface area contributed by atoms with Crippen LogP contribution in [0.15, 0.2) is 54.6 Å². The standard InChI is InChI=1S/C20H25NO2/c1-14(21-16(3)18-9-5-4-6-10-18)12-17-8-7-11-19(13-17)15(2)20(22)23/h4-11,13-16,21H,12H2,1-3H3,(H,22,23)/t14-,15?,16-/m1/s1. The zero-order chi connectivity index (χ0) is 16.8. The van der Waals surface area contributed by atoms with E-state index in [-0.39, 0.29) is 6.04 Å². The lowest BCUT2D eigenvalue weighted by atomic mass is 9.96. The van der Waals surface area contributed by atoms with Crippen molar-refractivity contribution in [2.24, 2.45) is 0 Å². The van der Waals surface area contributed by atoms with E-state index in [9.17, 15) is 4.79 Å². The van der Waals surface area contributed by atoms with Crippen molar-refractivity contribution in [1.29, 1.82) is 0 Å². The number of carboxylic acid groups (broad SMARTS) is 1. The molecule has 3 atom stereocenters. The Bertz CT molecular complexity index is 639. The van der Waals surface area contributed by atoms with Gasteiger partial charge in [0.15, 0.2) is 0 Å². The Hall–Kier alpha value is -2.13. The molecule has 0 aromatic heterocycles. The van der Waals surface area contributed by atoms with Crippen LogP contribution in [0, 0.1) is 0 Å². The van der Waals surface area contributed by atoms with Crippen molar-refractivity contribution < 1.29 is 9.90 Å². The molecule has 1 unspecified atom stereocenters. The Morgan fingerprint density at radius 1 is 1.00 bits per heavy atom. The Balaban J connectivity index is 1.99. The van der Waals surface area contributed by atoms with Crippen LogP contribution in [0.3, 0.4) is 0 Å². The Morgan fingerprint density at radius 3 is 2.30 bits per heavy atom. The average Bonchev–Trinajstić information content (AvgIpc) is 2.55. The summed E-state index contributed by atoms with van der Waals surface area (Å²) in [5, 5.41) is 12.7. The van der Waals surface area contributed by atoms with Gasteiger partial charge in [0, 0.05) is 12.1 Å². The first-order valence-corrected chi connectivity index (χ1v) is 8.10. The lowest BCUT2D eigenvalue weighted by Crippen LogP contribution is -2.30. The van der Waals surface area contributed by atoms with Crippen LogP contribution in [-0.4, -0.2) is 17.1 Å². The normalized spacial score (nSPS) is 14.9. The lowest BCUT2D eigenvalue weighted by molar-refractivity contribution is -0.138. The fraction of sp³-hybridized carbons (Fsp3) is 0.350. The fourth-order valence-corrected chi connectivity index (χ4v) is 2.81. The number of aliphatic carboxylic acids is 1. The van der Waals surface area contributed by atoms with Gasteiger partial charge in [0.25, 0.3) is 0 Å². The molecule has 0 heterocycles. The molecular formula is C20H25NO2. The minimum absolute atomic E-state index is 0.285. The predicted molar refractivity (Wildman–Crippen MR) is 93.7 cm³/mol. The summed E-state index contributed by atoms with van der Waals surface area (Å²) in [6, 6.07) is 18.9. The molecule has 0 aliphatic rings. The first kappa shape index (κ1) is 17.2. The number of carbonyl (C=O) groups is 1. The smallest absolute Gasteiger partial charge is 0.310 e. The van der Waals surface area contributed by atoms with Gasteiger partial charge < -0.3 is 10.4 Å². The number of nitrogens with one attached hydrogen (secondary N) is 1. The summed E-state index contributed by atoms with van der Waals surface area (Å²) in [5.74, 6) is -1.26. The molecule has 0 saturated carbocycles. The third kappa shape index (κ3) is 4.93. The van der Waals surface area contributed by atoms with Crippen molar-refractivity contribution in [1.82, 2.24) is 5.32 Å². The van der Waals surface area contributed by atoms with E-state index in [1.807, 2.05) is 24.3 Å². The van der Waals surface area contributed by atoms with Gasteiger partial charge in [-0.3, -0.25) is 4.79 Å². The van der Waals surface area contributed by atoms with Crippen molar-refractivity contribution in [3.8, 4) is 0 Å². The molecule has 0 bridgehead atoms. The molecule has 2 N–H and O–H groups in total. The summed E-state index contributed by atoms with van der Waals surface area (Å²) in [6.45, 7) is 6.04. The number of hydrogen-bond acceptors (Lipinski definition) is 2. The summed E-state index contributed by atoms with van der Waals surface area (Å²) in [7, 11) is 0. The van der Waals surface area contributed by atoms with Crippen LogP contribution in [0.1, 0.15) is 49.4 Å². The number of benzene rings is 2. The molecule has 0 saturated heterocycles. The van der Waals surface area contributed by atoms with Crippen LogP contribution in [0.25, 0.3) is 0 Å². The molecule has 23 heavy (non-hydrogen) atoms. The first-order chi connectivity index (χ1) is 11.0. The number of carboxylic acids is 1. The van der Waals surface area contributed by atoms with Gasteiger partial charge in [-0.1, -0.05) is 54.6 Å². The van der Waals surface area contributed by atoms with Crippen molar-refractivity contribution in [2.75, 3.05) is 0 Å². The molecule has 0 aliphatic carbocycles. The van der Waals surface area contributed by atoms with E-state index in [1.165, 1.54) is 5.56 Å². The van der Waals surface area contributed by atoms with Crippen LogP contribution in [0.4, 0.5) is 0 Å². The zero-order valence-corrected chi connectivity index (χ0v) is 14.0. The van der Waals surface area contributed by atoms with E-state index in [0.717, 1.165) is 17.5 Å². The zero-order valence-electron chi connectivity index (χ0n) is 14.0. The van der Waals surface area contributed by atoms with Gasteiger partial charge in [0.2, 0.25) is 0 Å². The van der Waals surface area contributed by atoms with Gasteiger partial charge in [-0.25, -0.2) is 0 Å². The Labute approximate surface area is 138 Å². The molecular weight excluding hydrogens is 286 g/mol. The fourth-order valence-electron chi connectivity index (χ4n) is 2.81. The molecule has 0 spiro atoms. The van der Waals surface area contributed by atoms with Crippen molar-refractivity contribution in [3.05, 3.63) is 71.3 Å². The quantitative estimate of drug-likeness (QED) is 0.807. The molecule has 2 rings (SSSR count). The van der Waals surface area contributed by atoms with Crippen LogP contribution in [0.5, 0.6) is 0 Å². The molecule has 0 amide bonds. The van der Waals surface area contributed by atoms with Crippen molar-refractivity contribution in [3.63, 3.8) is 0 Å². The highest BCUT2D eigenvalue weighted by Crippen LogP contribution is 2.18. The summed E-state index contributed by atoms with van der Waals surface area (Å²) in [4.78, 5) is 11.1. The maximum Gasteiger partial charge on any atom is 0.310 e. The highest BCUT2D eigenvalue weighted by molar-refractivity contribution is 5.75. The molecule has 0 radical (unpaired) electrons. The number of hydrogen-bond donors (Lipinski definition) is 2. The summed E-state index contributed by atoms with van der Waals surface area (Å²) in [5.41, 5.74) is 3.29. The van der Waals surface area contributed by atoms with E-state index >= 15 is 0 Å². The second-order valence-electron chi connectivity index (χ2n) is 6.21. The van der Waals surface area contributed by atoms with E-state index < -0.39 is 11.9 Å². The van der Waals surface area contributed by atoms with Crippen LogP contribution < -0.4 is 5.32 Å². The summed E-state index contributed by atoms with van der Waals surface area (Å²) in [6.07, 6.45) is 0.872. The van der Waals surface area contributed by atoms with Gasteiger partial charge in [0.05, 0.1) is 5.92 Å². The molecule has 3 heteroatoms. The molecule has 0 aliphatic heterocycles. The van der Waals surface area contributed by atoms with Crippen LogP contribution in [-0.2, 0) is 11.2 Å². The third-order valence-electron chi connectivity index (χ3n) is 4.20. The maximum atomic E-state index is 11.1. The average molecular weight is 311 g/mol. The minimum Gasteiger partial charge on any atom is -0.481 e. The topological polar surface area (TPSA) is 49.3 Å². The van der Waals surface area contributed by atoms with Gasteiger partial charge in [-0.05, 0) is 43.9 Å². The molecule has 2 aromatic carbocycles. The van der Waals surface area contributed by atoms with Crippen LogP contribution >= 0.6 is 0 Å². The van der Waals surface area contributed by atoms with Crippen molar-refractivity contribution >= 4 is 5.97 Å².